The molecule has 108 valence electrons. The van der Waals surface area contributed by atoms with Crippen LogP contribution in [0.5, 0.6) is 11.5 Å². The van der Waals surface area contributed by atoms with Crippen molar-refractivity contribution >= 4 is 5.69 Å². The first-order valence-corrected chi connectivity index (χ1v) is 6.66. The average molecular weight is 282 g/mol. The molecule has 0 radical (unpaired) electrons. The van der Waals surface area contributed by atoms with Crippen LogP contribution < -0.4 is 14.8 Å². The number of hydrogen-bond acceptors (Lipinski definition) is 4. The molecule has 0 saturated carbocycles. The van der Waals surface area contributed by atoms with Crippen LogP contribution in [0.1, 0.15) is 24.1 Å². The Morgan fingerprint density at radius 3 is 2.05 bits per heavy atom. The number of ether oxygens (including phenoxy) is 2. The summed E-state index contributed by atoms with van der Waals surface area (Å²) in [6.07, 6.45) is 0. The van der Waals surface area contributed by atoms with Gasteiger partial charge >= 0.3 is 0 Å². The highest BCUT2D eigenvalue weighted by atomic mass is 16.5. The number of nitrogens with zero attached hydrogens (tertiary/aromatic N) is 1. The van der Waals surface area contributed by atoms with Crippen molar-refractivity contribution in [3.63, 3.8) is 0 Å². The third-order valence-corrected chi connectivity index (χ3v) is 3.27. The van der Waals surface area contributed by atoms with E-state index in [1.54, 1.807) is 14.2 Å². The van der Waals surface area contributed by atoms with Gasteiger partial charge in [-0.3, -0.25) is 0 Å². The van der Waals surface area contributed by atoms with Crippen LogP contribution in [-0.4, -0.2) is 14.2 Å². The number of anilines is 1. The summed E-state index contributed by atoms with van der Waals surface area (Å²) in [5, 5.41) is 12.2. The predicted molar refractivity (Wildman–Crippen MR) is 82.7 cm³/mol. The van der Waals surface area contributed by atoms with Gasteiger partial charge in [0.05, 0.1) is 25.9 Å². The maximum Gasteiger partial charge on any atom is 0.124 e. The summed E-state index contributed by atoms with van der Waals surface area (Å²) < 4.78 is 10.5. The van der Waals surface area contributed by atoms with Crippen molar-refractivity contribution in [1.29, 1.82) is 5.26 Å². The summed E-state index contributed by atoms with van der Waals surface area (Å²) in [6, 6.07) is 15.4. The lowest BCUT2D eigenvalue weighted by atomic mass is 10.1. The van der Waals surface area contributed by atoms with Gasteiger partial charge < -0.3 is 14.8 Å². The number of benzene rings is 2. The zero-order valence-corrected chi connectivity index (χ0v) is 12.4. The fraction of sp³-hybridized carbons (Fsp3) is 0.235. The van der Waals surface area contributed by atoms with Crippen LogP contribution >= 0.6 is 0 Å². The summed E-state index contributed by atoms with van der Waals surface area (Å²) >= 11 is 0. The first kappa shape index (κ1) is 14.7. The first-order valence-electron chi connectivity index (χ1n) is 6.66. The van der Waals surface area contributed by atoms with Crippen LogP contribution in [0.2, 0.25) is 0 Å². The summed E-state index contributed by atoms with van der Waals surface area (Å²) in [4.78, 5) is 0. The fourth-order valence-corrected chi connectivity index (χ4v) is 2.07. The maximum absolute atomic E-state index is 8.82. The van der Waals surface area contributed by atoms with Gasteiger partial charge in [-0.25, -0.2) is 0 Å². The molecule has 1 unspecified atom stereocenters. The molecule has 0 aliphatic rings. The smallest absolute Gasteiger partial charge is 0.124 e. The largest absolute Gasteiger partial charge is 0.497 e. The molecule has 1 N–H and O–H groups in total. The number of hydrogen-bond donors (Lipinski definition) is 1. The highest BCUT2D eigenvalue weighted by Gasteiger charge is 2.08. The van der Waals surface area contributed by atoms with Crippen molar-refractivity contribution in [3.8, 4) is 17.6 Å². The maximum atomic E-state index is 8.82. The van der Waals surface area contributed by atoms with Crippen molar-refractivity contribution in [2.45, 2.75) is 13.0 Å². The van der Waals surface area contributed by atoms with Crippen molar-refractivity contribution in [2.75, 3.05) is 19.5 Å². The third-order valence-electron chi connectivity index (χ3n) is 3.27. The molecule has 0 aliphatic carbocycles. The molecule has 4 heteroatoms. The molecule has 0 aliphatic heterocycles. The first-order chi connectivity index (χ1) is 10.2. The molecule has 0 saturated heterocycles. The lowest BCUT2D eigenvalue weighted by Crippen LogP contribution is -2.06. The Morgan fingerprint density at radius 1 is 1.00 bits per heavy atom. The molecule has 0 spiro atoms. The molecule has 21 heavy (non-hydrogen) atoms. The van der Waals surface area contributed by atoms with E-state index in [0.29, 0.717) is 5.56 Å². The molecule has 2 aromatic carbocycles. The Hall–Kier alpha value is -2.67. The molecule has 1 atom stereocenters. The lowest BCUT2D eigenvalue weighted by molar-refractivity contribution is 0.394. The molecule has 0 amide bonds. The summed E-state index contributed by atoms with van der Waals surface area (Å²) in [5.41, 5.74) is 2.69. The molecule has 4 nitrogen and oxygen atoms in total. The van der Waals surface area contributed by atoms with Crippen molar-refractivity contribution < 1.29 is 9.47 Å². The number of rotatable bonds is 5. The monoisotopic (exact) mass is 282 g/mol. The fourth-order valence-electron chi connectivity index (χ4n) is 2.07. The van der Waals surface area contributed by atoms with E-state index in [1.807, 2.05) is 42.5 Å². The van der Waals surface area contributed by atoms with Gasteiger partial charge in [0, 0.05) is 29.9 Å². The Bertz CT molecular complexity index is 623. The van der Waals surface area contributed by atoms with Gasteiger partial charge in [-0.1, -0.05) is 12.1 Å². The highest BCUT2D eigenvalue weighted by Crippen LogP contribution is 2.28. The van der Waals surface area contributed by atoms with Gasteiger partial charge in [0.15, 0.2) is 0 Å². The van der Waals surface area contributed by atoms with E-state index >= 15 is 0 Å². The Labute approximate surface area is 124 Å². The summed E-state index contributed by atoms with van der Waals surface area (Å²) in [5.74, 6) is 1.48. The van der Waals surface area contributed by atoms with E-state index in [0.717, 1.165) is 22.7 Å². The normalized spacial score (nSPS) is 11.3. The van der Waals surface area contributed by atoms with Crippen LogP contribution in [0, 0.1) is 11.3 Å². The van der Waals surface area contributed by atoms with Crippen LogP contribution in [-0.2, 0) is 0 Å². The molecule has 2 aromatic rings. The Balaban J connectivity index is 2.18. The van der Waals surface area contributed by atoms with Crippen LogP contribution in [0.4, 0.5) is 5.69 Å². The quantitative estimate of drug-likeness (QED) is 0.907. The van der Waals surface area contributed by atoms with E-state index in [9.17, 15) is 0 Å². The molecule has 0 bridgehead atoms. The van der Waals surface area contributed by atoms with Crippen molar-refractivity contribution in [1.82, 2.24) is 0 Å². The lowest BCUT2D eigenvalue weighted by Gasteiger charge is -2.17. The van der Waals surface area contributed by atoms with Gasteiger partial charge in [0.25, 0.3) is 0 Å². The van der Waals surface area contributed by atoms with Gasteiger partial charge in [-0.05, 0) is 24.6 Å². The van der Waals surface area contributed by atoms with Crippen LogP contribution in [0.25, 0.3) is 0 Å². The van der Waals surface area contributed by atoms with E-state index in [2.05, 4.69) is 18.3 Å². The van der Waals surface area contributed by atoms with E-state index < -0.39 is 0 Å². The summed E-state index contributed by atoms with van der Waals surface area (Å²) in [7, 11) is 3.26. The SMILES string of the molecule is COc1cc(NC(C)c2ccc(C#N)cc2)cc(OC)c1. The minimum atomic E-state index is 0.106. The standard InChI is InChI=1S/C17H18N2O2/c1-12(14-6-4-13(11-18)5-7-14)19-15-8-16(20-2)10-17(9-15)21-3/h4-10,12,19H,1-3H3. The van der Waals surface area contributed by atoms with Gasteiger partial charge in [0.2, 0.25) is 0 Å². The Kier molecular flexibility index (Phi) is 4.68. The second-order valence-electron chi connectivity index (χ2n) is 4.70. The molecular weight excluding hydrogens is 264 g/mol. The van der Waals surface area contributed by atoms with Gasteiger partial charge in [-0.2, -0.15) is 5.26 Å². The second kappa shape index (κ2) is 6.67. The zero-order valence-electron chi connectivity index (χ0n) is 12.4. The second-order valence-corrected chi connectivity index (χ2v) is 4.70. The number of methoxy groups -OCH3 is 2. The highest BCUT2D eigenvalue weighted by molar-refractivity contribution is 5.55. The zero-order chi connectivity index (χ0) is 15.2. The molecule has 0 aromatic heterocycles. The van der Waals surface area contributed by atoms with E-state index in [-0.39, 0.29) is 6.04 Å². The van der Waals surface area contributed by atoms with Crippen molar-refractivity contribution in [2.24, 2.45) is 0 Å². The molecule has 2 rings (SSSR count). The topological polar surface area (TPSA) is 54.3 Å². The number of nitriles is 1. The van der Waals surface area contributed by atoms with Gasteiger partial charge in [0.1, 0.15) is 11.5 Å². The third kappa shape index (κ3) is 3.67. The summed E-state index contributed by atoms with van der Waals surface area (Å²) in [6.45, 7) is 2.06. The molecule has 0 heterocycles. The van der Waals surface area contributed by atoms with Crippen LogP contribution in [0.3, 0.4) is 0 Å². The number of nitrogens with one attached hydrogen (secondary N) is 1. The van der Waals surface area contributed by atoms with Crippen molar-refractivity contribution in [3.05, 3.63) is 53.6 Å². The van der Waals surface area contributed by atoms with E-state index in [4.69, 9.17) is 14.7 Å². The Morgan fingerprint density at radius 2 is 1.57 bits per heavy atom. The predicted octanol–water partition coefficient (Wildman–Crippen LogP) is 3.75. The van der Waals surface area contributed by atoms with E-state index in [1.165, 1.54) is 0 Å². The molecular formula is C17H18N2O2. The van der Waals surface area contributed by atoms with Gasteiger partial charge in [-0.15, -0.1) is 0 Å². The minimum absolute atomic E-state index is 0.106. The molecule has 0 fully saturated rings. The minimum Gasteiger partial charge on any atom is -0.497 e. The average Bonchev–Trinajstić information content (AvgIpc) is 2.54. The van der Waals surface area contributed by atoms with Crippen LogP contribution in [0.15, 0.2) is 42.5 Å².